The molecule has 37 heavy (non-hydrogen) atoms. The van der Waals surface area contributed by atoms with Gasteiger partial charge in [-0.05, 0) is 54.8 Å². The third-order valence-corrected chi connectivity index (χ3v) is 7.18. The first kappa shape index (κ1) is 23.3. The van der Waals surface area contributed by atoms with Crippen molar-refractivity contribution in [2.24, 2.45) is 11.8 Å². The third-order valence-electron chi connectivity index (χ3n) is 7.18. The summed E-state index contributed by atoms with van der Waals surface area (Å²) in [7, 11) is 0. The average Bonchev–Trinajstić information content (AvgIpc) is 3.23. The number of ether oxygens (including phenoxy) is 1. The van der Waals surface area contributed by atoms with E-state index in [0.717, 1.165) is 16.8 Å². The van der Waals surface area contributed by atoms with Gasteiger partial charge in [0, 0.05) is 55.1 Å². The molecule has 2 fully saturated rings. The summed E-state index contributed by atoms with van der Waals surface area (Å²) in [5.41, 5.74) is 3.93. The predicted molar refractivity (Wildman–Crippen MR) is 135 cm³/mol. The van der Waals surface area contributed by atoms with Crippen molar-refractivity contribution in [2.75, 3.05) is 13.1 Å². The van der Waals surface area contributed by atoms with E-state index in [4.69, 9.17) is 9.72 Å². The van der Waals surface area contributed by atoms with Crippen LogP contribution < -0.4 is 4.74 Å². The van der Waals surface area contributed by atoms with Gasteiger partial charge in [-0.2, -0.15) is 5.10 Å². The zero-order chi connectivity index (χ0) is 25.7. The van der Waals surface area contributed by atoms with Crippen molar-refractivity contribution in [3.8, 4) is 23.1 Å². The second-order valence-electron chi connectivity index (χ2n) is 10.0. The SMILES string of the molecule is Cc1nn(-c2ncccn2)cc1C(=O)N1C[C@@H]2C(Oc3cc(C(C)C)cc(-c4ccc(F)cc4)n3)[C@@H]2C1. The molecule has 1 saturated carbocycles. The van der Waals surface area contributed by atoms with Crippen molar-refractivity contribution >= 4 is 5.91 Å². The molecule has 6 rings (SSSR count). The third kappa shape index (κ3) is 4.45. The van der Waals surface area contributed by atoms with Gasteiger partial charge in [-0.3, -0.25) is 4.79 Å². The Labute approximate surface area is 214 Å². The van der Waals surface area contributed by atoms with Crippen LogP contribution in [0.5, 0.6) is 5.88 Å². The first-order valence-corrected chi connectivity index (χ1v) is 12.4. The fraction of sp³-hybridized carbons (Fsp3) is 0.321. The molecule has 4 aromatic rings. The van der Waals surface area contributed by atoms with Crippen LogP contribution in [-0.4, -0.2) is 54.7 Å². The smallest absolute Gasteiger partial charge is 0.257 e. The first-order chi connectivity index (χ1) is 17.9. The highest BCUT2D eigenvalue weighted by Crippen LogP contribution is 2.48. The first-order valence-electron chi connectivity index (χ1n) is 12.4. The molecule has 1 aliphatic heterocycles. The standard InChI is InChI=1S/C28H27FN6O2/c1-16(2)19-11-24(18-5-7-20(29)8-6-18)32-25(12-19)37-26-22-13-34(14-23(22)26)27(36)21-15-35(33-17(21)3)28-30-9-4-10-31-28/h4-12,15-16,22-23,26H,13-14H2,1-3H3/t22-,23+,26?. The monoisotopic (exact) mass is 498 g/mol. The summed E-state index contributed by atoms with van der Waals surface area (Å²) >= 11 is 0. The molecule has 0 radical (unpaired) electrons. The van der Waals surface area contributed by atoms with Gasteiger partial charge in [0.15, 0.2) is 0 Å². The van der Waals surface area contributed by atoms with Crippen LogP contribution in [0.25, 0.3) is 17.2 Å². The number of rotatable bonds is 6. The zero-order valence-electron chi connectivity index (χ0n) is 20.9. The van der Waals surface area contributed by atoms with Gasteiger partial charge < -0.3 is 9.64 Å². The van der Waals surface area contributed by atoms with E-state index >= 15 is 0 Å². The number of piperidine rings is 1. The van der Waals surface area contributed by atoms with E-state index in [2.05, 4.69) is 28.9 Å². The van der Waals surface area contributed by atoms with Crippen LogP contribution in [-0.2, 0) is 0 Å². The number of carbonyl (C=O) groups excluding carboxylic acids is 1. The Hall–Kier alpha value is -4.14. The highest BCUT2D eigenvalue weighted by atomic mass is 19.1. The van der Waals surface area contributed by atoms with E-state index in [1.165, 1.54) is 16.8 Å². The van der Waals surface area contributed by atoms with E-state index in [0.29, 0.717) is 42.1 Å². The van der Waals surface area contributed by atoms with Crippen LogP contribution in [0.1, 0.15) is 41.4 Å². The lowest BCUT2D eigenvalue weighted by Gasteiger charge is -2.20. The topological polar surface area (TPSA) is 86.0 Å². The van der Waals surface area contributed by atoms with E-state index in [-0.39, 0.29) is 29.7 Å². The number of aryl methyl sites for hydroxylation is 1. The number of nitrogens with zero attached hydrogens (tertiary/aromatic N) is 6. The van der Waals surface area contributed by atoms with Crippen LogP contribution in [0.4, 0.5) is 4.39 Å². The Morgan fingerprint density at radius 3 is 2.46 bits per heavy atom. The van der Waals surface area contributed by atoms with Crippen LogP contribution in [0.3, 0.4) is 0 Å². The molecule has 1 amide bonds. The summed E-state index contributed by atoms with van der Waals surface area (Å²) < 4.78 is 21.3. The lowest BCUT2D eigenvalue weighted by Crippen LogP contribution is -2.33. The van der Waals surface area contributed by atoms with Crippen molar-refractivity contribution in [2.45, 2.75) is 32.8 Å². The van der Waals surface area contributed by atoms with E-state index in [1.54, 1.807) is 36.8 Å². The second kappa shape index (κ2) is 9.06. The molecule has 9 heteroatoms. The minimum absolute atomic E-state index is 0.0292. The largest absolute Gasteiger partial charge is 0.474 e. The van der Waals surface area contributed by atoms with Crippen LogP contribution >= 0.6 is 0 Å². The van der Waals surface area contributed by atoms with E-state index < -0.39 is 0 Å². The van der Waals surface area contributed by atoms with Gasteiger partial charge in [0.2, 0.25) is 11.8 Å². The van der Waals surface area contributed by atoms with Crippen LogP contribution in [0.2, 0.25) is 0 Å². The van der Waals surface area contributed by atoms with E-state index in [9.17, 15) is 9.18 Å². The fourth-order valence-corrected chi connectivity index (χ4v) is 4.99. The van der Waals surface area contributed by atoms with Crippen LogP contribution in [0, 0.1) is 24.6 Å². The summed E-state index contributed by atoms with van der Waals surface area (Å²) in [6.45, 7) is 7.33. The van der Waals surface area contributed by atoms with Gasteiger partial charge in [0.05, 0.1) is 17.0 Å². The van der Waals surface area contributed by atoms with Crippen molar-refractivity contribution in [3.63, 3.8) is 0 Å². The molecule has 0 bridgehead atoms. The maximum atomic E-state index is 13.4. The van der Waals surface area contributed by atoms with Gasteiger partial charge in [0.25, 0.3) is 5.91 Å². The van der Waals surface area contributed by atoms with Gasteiger partial charge in [-0.1, -0.05) is 13.8 Å². The second-order valence-corrected chi connectivity index (χ2v) is 10.0. The molecular formula is C28H27FN6O2. The lowest BCUT2D eigenvalue weighted by atomic mass is 10.0. The number of pyridine rings is 1. The van der Waals surface area contributed by atoms with Crippen molar-refractivity contribution < 1.29 is 13.9 Å². The molecule has 1 aromatic carbocycles. The fourth-order valence-electron chi connectivity index (χ4n) is 4.99. The number of halogens is 1. The average molecular weight is 499 g/mol. The number of amides is 1. The molecule has 0 N–H and O–H groups in total. The van der Waals surface area contributed by atoms with Crippen molar-refractivity contribution in [1.82, 2.24) is 29.6 Å². The summed E-state index contributed by atoms with van der Waals surface area (Å²) in [4.78, 5) is 28.2. The van der Waals surface area contributed by atoms with Crippen molar-refractivity contribution in [1.29, 1.82) is 0 Å². The maximum absolute atomic E-state index is 13.4. The Balaban J connectivity index is 1.14. The number of fused-ring (bicyclic) bond motifs is 1. The highest BCUT2D eigenvalue weighted by Gasteiger charge is 2.59. The van der Waals surface area contributed by atoms with Gasteiger partial charge >= 0.3 is 0 Å². The number of benzene rings is 1. The molecule has 1 aliphatic carbocycles. The quantitative estimate of drug-likeness (QED) is 0.391. The Morgan fingerprint density at radius 2 is 1.78 bits per heavy atom. The van der Waals surface area contributed by atoms with Gasteiger partial charge in [-0.15, -0.1) is 0 Å². The summed E-state index contributed by atoms with van der Waals surface area (Å²) in [6, 6.07) is 12.1. The number of carbonyl (C=O) groups is 1. The Bertz CT molecular complexity index is 1440. The number of aromatic nitrogens is 5. The minimum Gasteiger partial charge on any atom is -0.474 e. The highest BCUT2D eigenvalue weighted by molar-refractivity contribution is 5.95. The van der Waals surface area contributed by atoms with Gasteiger partial charge in [-0.25, -0.2) is 24.0 Å². The molecule has 3 aromatic heterocycles. The molecule has 1 saturated heterocycles. The molecule has 3 atom stereocenters. The molecule has 2 aliphatic rings. The Kier molecular flexibility index (Phi) is 5.70. The molecular weight excluding hydrogens is 471 g/mol. The number of hydrogen-bond acceptors (Lipinski definition) is 6. The van der Waals surface area contributed by atoms with Crippen molar-refractivity contribution in [3.05, 3.63) is 83.7 Å². The Morgan fingerprint density at radius 1 is 1.08 bits per heavy atom. The van der Waals surface area contributed by atoms with E-state index in [1.807, 2.05) is 24.0 Å². The lowest BCUT2D eigenvalue weighted by molar-refractivity contribution is 0.0751. The zero-order valence-corrected chi connectivity index (χ0v) is 20.9. The summed E-state index contributed by atoms with van der Waals surface area (Å²) in [5.74, 6) is 1.53. The molecule has 4 heterocycles. The molecule has 1 unspecified atom stereocenters. The van der Waals surface area contributed by atoms with Crippen LogP contribution in [0.15, 0.2) is 61.1 Å². The molecule has 8 nitrogen and oxygen atoms in total. The summed E-state index contributed by atoms with van der Waals surface area (Å²) in [6.07, 6.45) is 5.01. The normalized spacial score (nSPS) is 20.2. The molecule has 0 spiro atoms. The summed E-state index contributed by atoms with van der Waals surface area (Å²) in [5, 5.41) is 4.43. The maximum Gasteiger partial charge on any atom is 0.257 e. The molecule has 188 valence electrons. The minimum atomic E-state index is -0.277. The number of hydrogen-bond donors (Lipinski definition) is 0. The number of likely N-dealkylation sites (tertiary alicyclic amines) is 1. The predicted octanol–water partition coefficient (Wildman–Crippen LogP) is 4.44. The van der Waals surface area contributed by atoms with Gasteiger partial charge in [0.1, 0.15) is 11.9 Å².